The molecule has 1 aromatic carbocycles. The van der Waals surface area contributed by atoms with E-state index in [1.807, 2.05) is 20.0 Å². The Kier molecular flexibility index (Phi) is 7.33. The summed E-state index contributed by atoms with van der Waals surface area (Å²) in [7, 11) is 4.32. The second-order valence-corrected chi connectivity index (χ2v) is 11.7. The highest BCUT2D eigenvalue weighted by molar-refractivity contribution is 5.72. The Hall–Kier alpha value is -3.33. The van der Waals surface area contributed by atoms with Gasteiger partial charge in [0.25, 0.3) is 0 Å². The molecular formula is C31H38F2N6O. The van der Waals surface area contributed by atoms with Gasteiger partial charge in [0.15, 0.2) is 17.4 Å². The minimum atomic E-state index is -0.578. The van der Waals surface area contributed by atoms with Crippen LogP contribution in [-0.4, -0.2) is 72.3 Å². The SMILES string of the molecule is CC(C)N1CCOc2c(F)cc(-c3nc(Cc4ncc(N5CCC(N(C)C)CC5)c5c4CCC5)ncc3F)cc21. The van der Waals surface area contributed by atoms with Gasteiger partial charge < -0.3 is 19.4 Å². The van der Waals surface area contributed by atoms with E-state index in [4.69, 9.17) is 9.72 Å². The van der Waals surface area contributed by atoms with Crippen LogP contribution in [0.2, 0.25) is 0 Å². The Bertz CT molecular complexity index is 1400. The van der Waals surface area contributed by atoms with Crippen LogP contribution in [0.5, 0.6) is 5.75 Å². The van der Waals surface area contributed by atoms with E-state index in [2.05, 4.69) is 38.8 Å². The van der Waals surface area contributed by atoms with E-state index in [9.17, 15) is 0 Å². The van der Waals surface area contributed by atoms with E-state index in [0.717, 1.165) is 50.9 Å². The molecule has 3 aliphatic rings. The van der Waals surface area contributed by atoms with Gasteiger partial charge in [-0.05, 0) is 83.3 Å². The number of hydrogen-bond donors (Lipinski definition) is 0. The molecule has 1 saturated heterocycles. The Labute approximate surface area is 235 Å². The van der Waals surface area contributed by atoms with Gasteiger partial charge >= 0.3 is 0 Å². The third-order valence-electron chi connectivity index (χ3n) is 8.68. The molecule has 1 fully saturated rings. The highest BCUT2D eigenvalue weighted by Crippen LogP contribution is 2.40. The number of halogens is 2. The summed E-state index contributed by atoms with van der Waals surface area (Å²) in [6.45, 7) is 7.23. The summed E-state index contributed by atoms with van der Waals surface area (Å²) in [6.07, 6.45) is 9.05. The summed E-state index contributed by atoms with van der Waals surface area (Å²) in [4.78, 5) is 20.7. The molecule has 2 aromatic heterocycles. The van der Waals surface area contributed by atoms with Crippen LogP contribution in [0.4, 0.5) is 20.2 Å². The first-order chi connectivity index (χ1) is 19.3. The van der Waals surface area contributed by atoms with Gasteiger partial charge in [0.2, 0.25) is 0 Å². The van der Waals surface area contributed by atoms with E-state index in [1.165, 1.54) is 29.1 Å². The first kappa shape index (κ1) is 26.9. The summed E-state index contributed by atoms with van der Waals surface area (Å²) >= 11 is 0. The molecule has 7 nitrogen and oxygen atoms in total. The molecule has 0 unspecified atom stereocenters. The quantitative estimate of drug-likeness (QED) is 0.428. The molecule has 0 N–H and O–H groups in total. The Balaban J connectivity index is 1.29. The van der Waals surface area contributed by atoms with E-state index in [-0.39, 0.29) is 17.5 Å². The highest BCUT2D eigenvalue weighted by atomic mass is 19.1. The van der Waals surface area contributed by atoms with Crippen molar-refractivity contribution in [3.8, 4) is 17.0 Å². The number of fused-ring (bicyclic) bond motifs is 2. The minimum absolute atomic E-state index is 0.0954. The molecule has 0 amide bonds. The number of hydrogen-bond acceptors (Lipinski definition) is 7. The van der Waals surface area contributed by atoms with E-state index in [1.54, 1.807) is 6.07 Å². The third-order valence-corrected chi connectivity index (χ3v) is 8.68. The summed E-state index contributed by atoms with van der Waals surface area (Å²) in [6, 6.07) is 3.86. The fraction of sp³-hybridized carbons (Fsp3) is 0.516. The van der Waals surface area contributed by atoms with Gasteiger partial charge in [-0.3, -0.25) is 4.98 Å². The average molecular weight is 549 g/mol. The zero-order valence-corrected chi connectivity index (χ0v) is 23.9. The topological polar surface area (TPSA) is 57.6 Å². The van der Waals surface area contributed by atoms with Gasteiger partial charge in [-0.15, -0.1) is 0 Å². The van der Waals surface area contributed by atoms with Crippen molar-refractivity contribution in [3.05, 3.63) is 58.8 Å². The third kappa shape index (κ3) is 5.00. The van der Waals surface area contributed by atoms with Crippen LogP contribution in [0.1, 0.15) is 55.8 Å². The van der Waals surface area contributed by atoms with Crippen molar-refractivity contribution in [3.63, 3.8) is 0 Å². The molecule has 212 valence electrons. The Morgan fingerprint density at radius 2 is 1.75 bits per heavy atom. The number of pyridine rings is 1. The van der Waals surface area contributed by atoms with Crippen LogP contribution < -0.4 is 14.5 Å². The molecule has 6 rings (SSSR count). The molecule has 0 saturated carbocycles. The van der Waals surface area contributed by atoms with Crippen LogP contribution in [0.15, 0.2) is 24.5 Å². The van der Waals surface area contributed by atoms with Gasteiger partial charge in [0.05, 0.1) is 42.4 Å². The zero-order chi connectivity index (χ0) is 28.0. The number of piperidine rings is 1. The number of anilines is 2. The van der Waals surface area contributed by atoms with Crippen molar-refractivity contribution in [1.82, 2.24) is 19.9 Å². The van der Waals surface area contributed by atoms with Gasteiger partial charge in [-0.25, -0.2) is 18.7 Å². The fourth-order valence-electron chi connectivity index (χ4n) is 6.50. The molecule has 0 atom stereocenters. The predicted octanol–water partition coefficient (Wildman–Crippen LogP) is 5.03. The molecule has 0 radical (unpaired) electrons. The monoisotopic (exact) mass is 548 g/mol. The molecule has 1 aliphatic carbocycles. The maximum atomic E-state index is 15.1. The lowest BCUT2D eigenvalue weighted by molar-refractivity contribution is 0.249. The number of nitrogens with zero attached hydrogens (tertiary/aromatic N) is 6. The Morgan fingerprint density at radius 1 is 0.975 bits per heavy atom. The lowest BCUT2D eigenvalue weighted by Gasteiger charge is -2.37. The highest BCUT2D eigenvalue weighted by Gasteiger charge is 2.28. The van der Waals surface area contributed by atoms with Gasteiger partial charge in [-0.2, -0.15) is 0 Å². The van der Waals surface area contributed by atoms with E-state index >= 15 is 8.78 Å². The normalized spacial score (nSPS) is 17.4. The largest absolute Gasteiger partial charge is 0.486 e. The smallest absolute Gasteiger partial charge is 0.178 e. The summed E-state index contributed by atoms with van der Waals surface area (Å²) in [5, 5.41) is 0. The van der Waals surface area contributed by atoms with Crippen molar-refractivity contribution in [2.45, 2.75) is 64.5 Å². The van der Waals surface area contributed by atoms with E-state index < -0.39 is 11.6 Å². The molecule has 4 heterocycles. The maximum Gasteiger partial charge on any atom is 0.178 e. The molecule has 2 aliphatic heterocycles. The van der Waals surface area contributed by atoms with Crippen molar-refractivity contribution < 1.29 is 13.5 Å². The fourth-order valence-corrected chi connectivity index (χ4v) is 6.50. The van der Waals surface area contributed by atoms with Crippen molar-refractivity contribution >= 4 is 11.4 Å². The van der Waals surface area contributed by atoms with E-state index in [0.29, 0.717) is 42.7 Å². The number of benzene rings is 1. The number of aromatic nitrogens is 3. The number of rotatable bonds is 6. The van der Waals surface area contributed by atoms with Crippen LogP contribution >= 0.6 is 0 Å². The van der Waals surface area contributed by atoms with Crippen molar-refractivity contribution in [2.24, 2.45) is 0 Å². The zero-order valence-electron chi connectivity index (χ0n) is 23.9. The lowest BCUT2D eigenvalue weighted by Crippen LogP contribution is -2.42. The summed E-state index contributed by atoms with van der Waals surface area (Å²) in [5.74, 6) is -0.399. The standard InChI is InChI=1S/C31H38F2N6O/c1-19(2)39-12-13-40-31-24(32)14-20(15-27(31)39)30-25(33)17-35-29(36-30)16-26-22-6-5-7-23(22)28(18-34-26)38-10-8-21(9-11-38)37(3)4/h14-15,17-19,21H,5-13,16H2,1-4H3. The van der Waals surface area contributed by atoms with Crippen LogP contribution in [-0.2, 0) is 19.3 Å². The molecule has 3 aromatic rings. The first-order valence-electron chi connectivity index (χ1n) is 14.5. The molecule has 0 spiro atoms. The van der Waals surface area contributed by atoms with Crippen LogP contribution in [0.3, 0.4) is 0 Å². The van der Waals surface area contributed by atoms with Gasteiger partial charge in [-0.1, -0.05) is 0 Å². The average Bonchev–Trinajstić information content (AvgIpc) is 3.44. The van der Waals surface area contributed by atoms with Gasteiger partial charge in [0.1, 0.15) is 18.1 Å². The number of ether oxygens (including phenoxy) is 1. The molecule has 0 bridgehead atoms. The van der Waals surface area contributed by atoms with Crippen molar-refractivity contribution in [2.75, 3.05) is 50.1 Å². The Morgan fingerprint density at radius 3 is 2.50 bits per heavy atom. The van der Waals surface area contributed by atoms with Crippen molar-refractivity contribution in [1.29, 1.82) is 0 Å². The second kappa shape index (κ2) is 10.9. The lowest BCUT2D eigenvalue weighted by atomic mass is 10.0. The molecular weight excluding hydrogens is 510 g/mol. The van der Waals surface area contributed by atoms with Crippen LogP contribution in [0, 0.1) is 11.6 Å². The minimum Gasteiger partial charge on any atom is -0.486 e. The summed E-state index contributed by atoms with van der Waals surface area (Å²) < 4.78 is 35.8. The van der Waals surface area contributed by atoms with Crippen LogP contribution in [0.25, 0.3) is 11.3 Å². The maximum absolute atomic E-state index is 15.1. The summed E-state index contributed by atoms with van der Waals surface area (Å²) in [5.41, 5.74) is 5.98. The van der Waals surface area contributed by atoms with Gasteiger partial charge in [0, 0.05) is 30.7 Å². The first-order valence-corrected chi connectivity index (χ1v) is 14.5. The predicted molar refractivity (Wildman–Crippen MR) is 153 cm³/mol. The second-order valence-electron chi connectivity index (χ2n) is 11.7. The molecule has 9 heteroatoms. The molecule has 40 heavy (non-hydrogen) atoms.